The average Bonchev–Trinajstić information content (AvgIpc) is 3.13. The normalized spacial score (nSPS) is 22.5. The molecule has 2 fully saturated rings. The number of rotatable bonds is 3. The Morgan fingerprint density at radius 2 is 1.97 bits per heavy atom. The Morgan fingerprint density at radius 3 is 2.72 bits per heavy atom. The molecule has 11 heteroatoms. The van der Waals surface area contributed by atoms with E-state index in [-0.39, 0.29) is 5.92 Å². The Balaban J connectivity index is 1.43. The Bertz CT molecular complexity index is 1360. The maximum Gasteiger partial charge on any atom is 0.443 e. The highest BCUT2D eigenvalue weighted by Gasteiger charge is 2.64. The van der Waals surface area contributed by atoms with Gasteiger partial charge in [0.1, 0.15) is 17.5 Å². The Labute approximate surface area is 182 Å². The van der Waals surface area contributed by atoms with E-state index in [0.29, 0.717) is 51.8 Å². The van der Waals surface area contributed by atoms with Gasteiger partial charge in [-0.15, -0.1) is 11.3 Å². The Morgan fingerprint density at radius 1 is 1.12 bits per heavy atom. The topological polar surface area (TPSA) is 46.3 Å². The number of nitrogens with zero attached hydrogens (tertiary/aromatic N) is 5. The number of hydrogen-bond acceptors (Lipinski definition) is 5. The van der Waals surface area contributed by atoms with Crippen molar-refractivity contribution in [2.45, 2.75) is 24.6 Å². The first kappa shape index (κ1) is 19.6. The lowest BCUT2D eigenvalue weighted by Crippen LogP contribution is -2.34. The van der Waals surface area contributed by atoms with Gasteiger partial charge < -0.3 is 4.90 Å². The fraction of sp³-hybridized carbons (Fsp3) is 0.286. The first-order valence-corrected chi connectivity index (χ1v) is 10.7. The van der Waals surface area contributed by atoms with Gasteiger partial charge in [0.25, 0.3) is 0 Å². The second kappa shape index (κ2) is 6.47. The summed E-state index contributed by atoms with van der Waals surface area (Å²) in [5, 5.41) is 3.25. The molecule has 2 aliphatic rings. The number of alkyl halides is 3. The van der Waals surface area contributed by atoms with Crippen LogP contribution in [-0.4, -0.2) is 26.1 Å². The van der Waals surface area contributed by atoms with Crippen molar-refractivity contribution < 1.29 is 22.0 Å². The molecule has 164 valence electrons. The van der Waals surface area contributed by atoms with Crippen molar-refractivity contribution in [2.24, 2.45) is 5.92 Å². The van der Waals surface area contributed by atoms with E-state index in [1.165, 1.54) is 16.8 Å². The molecule has 1 aliphatic heterocycles. The van der Waals surface area contributed by atoms with Gasteiger partial charge in [-0.3, -0.25) is 0 Å². The molecule has 1 aliphatic carbocycles. The highest BCUT2D eigenvalue weighted by Crippen LogP contribution is 2.63. The quantitative estimate of drug-likeness (QED) is 0.388. The van der Waals surface area contributed by atoms with Gasteiger partial charge in [0.2, 0.25) is 0 Å². The van der Waals surface area contributed by atoms with E-state index in [2.05, 4.69) is 15.1 Å². The largest absolute Gasteiger partial charge is 0.443 e. The molecule has 5 nitrogen and oxygen atoms in total. The predicted octanol–water partition coefficient (Wildman–Crippen LogP) is 5.28. The zero-order valence-electron chi connectivity index (χ0n) is 16.3. The summed E-state index contributed by atoms with van der Waals surface area (Å²) in [5.74, 6) is -0.225. The number of fused-ring (bicyclic) bond motifs is 2. The van der Waals surface area contributed by atoms with Gasteiger partial charge in [0.05, 0.1) is 22.2 Å². The van der Waals surface area contributed by atoms with Crippen LogP contribution in [0.15, 0.2) is 42.9 Å². The molecule has 6 rings (SSSR count). The summed E-state index contributed by atoms with van der Waals surface area (Å²) in [6, 6.07) is 5.21. The number of hydrogen-bond donors (Lipinski definition) is 0. The molecule has 0 radical (unpaired) electrons. The van der Waals surface area contributed by atoms with E-state index >= 15 is 0 Å². The molecule has 0 N–H and O–H groups in total. The van der Waals surface area contributed by atoms with E-state index in [9.17, 15) is 22.0 Å². The molecule has 1 aromatic carbocycles. The minimum absolute atomic E-state index is 0.192. The van der Waals surface area contributed by atoms with Crippen molar-refractivity contribution in [1.82, 2.24) is 19.6 Å². The van der Waals surface area contributed by atoms with Gasteiger partial charge in [0.15, 0.2) is 10.7 Å². The van der Waals surface area contributed by atoms with E-state index in [4.69, 9.17) is 0 Å². The van der Waals surface area contributed by atoms with Crippen LogP contribution in [0.5, 0.6) is 0 Å². The maximum atomic E-state index is 14.6. The molecule has 0 bridgehead atoms. The van der Waals surface area contributed by atoms with Gasteiger partial charge in [-0.1, -0.05) is 0 Å². The molecule has 3 aromatic heterocycles. The predicted molar refractivity (Wildman–Crippen MR) is 107 cm³/mol. The summed E-state index contributed by atoms with van der Waals surface area (Å²) in [6.07, 6.45) is 1.26. The molecule has 1 saturated heterocycles. The zero-order valence-corrected chi connectivity index (χ0v) is 17.1. The number of piperidine rings is 1. The fourth-order valence-corrected chi connectivity index (χ4v) is 5.60. The first-order valence-electron chi connectivity index (χ1n) is 9.88. The lowest BCUT2D eigenvalue weighted by atomic mass is 10.0. The standard InChI is InChI=1S/C21H14F5N5S/c22-12-1-2-15(23)14(7-12)20-8-11(20)3-5-30(20)17-4-6-31-18(29-17)13(9-28-31)16-10-27-19(32-16)21(24,25)26/h1-2,4,6-7,9-11H,3,5,8H2/t11-,20+/m0/s1. The molecule has 32 heavy (non-hydrogen) atoms. The van der Waals surface area contributed by atoms with Crippen molar-refractivity contribution in [3.63, 3.8) is 0 Å². The fourth-order valence-electron chi connectivity index (χ4n) is 4.81. The molecule has 4 aromatic rings. The van der Waals surface area contributed by atoms with Crippen LogP contribution < -0.4 is 4.90 Å². The van der Waals surface area contributed by atoms with Gasteiger partial charge in [-0.05, 0) is 43.0 Å². The summed E-state index contributed by atoms with van der Waals surface area (Å²) in [5.41, 5.74) is 0.454. The summed E-state index contributed by atoms with van der Waals surface area (Å²) >= 11 is 0.525. The van der Waals surface area contributed by atoms with Gasteiger partial charge in [-0.25, -0.2) is 23.3 Å². The second-order valence-electron chi connectivity index (χ2n) is 8.03. The van der Waals surface area contributed by atoms with Crippen molar-refractivity contribution in [1.29, 1.82) is 0 Å². The van der Waals surface area contributed by atoms with Crippen molar-refractivity contribution >= 4 is 22.8 Å². The molecular formula is C21H14F5N5S. The molecule has 1 saturated carbocycles. The van der Waals surface area contributed by atoms with Gasteiger partial charge in [-0.2, -0.15) is 18.3 Å². The maximum absolute atomic E-state index is 14.6. The average molecular weight is 463 g/mol. The zero-order chi connectivity index (χ0) is 22.3. The first-order chi connectivity index (χ1) is 15.3. The van der Waals surface area contributed by atoms with Gasteiger partial charge >= 0.3 is 6.18 Å². The van der Waals surface area contributed by atoms with Crippen LogP contribution in [-0.2, 0) is 11.7 Å². The minimum atomic E-state index is -4.53. The van der Waals surface area contributed by atoms with E-state index in [1.807, 2.05) is 4.90 Å². The minimum Gasteiger partial charge on any atom is -0.346 e. The van der Waals surface area contributed by atoms with Crippen molar-refractivity contribution in [3.05, 3.63) is 65.1 Å². The van der Waals surface area contributed by atoms with Crippen LogP contribution in [0.2, 0.25) is 0 Å². The van der Waals surface area contributed by atoms with Crippen molar-refractivity contribution in [3.8, 4) is 10.4 Å². The molecule has 0 unspecified atom stereocenters. The molecular weight excluding hydrogens is 449 g/mol. The number of anilines is 1. The van der Waals surface area contributed by atoms with E-state index < -0.39 is 28.4 Å². The van der Waals surface area contributed by atoms with E-state index in [0.717, 1.165) is 24.8 Å². The molecule has 2 atom stereocenters. The number of halogens is 5. The van der Waals surface area contributed by atoms with Crippen molar-refractivity contribution in [2.75, 3.05) is 11.4 Å². The van der Waals surface area contributed by atoms with Crippen LogP contribution in [0.1, 0.15) is 23.4 Å². The van der Waals surface area contributed by atoms with Crippen LogP contribution in [0.3, 0.4) is 0 Å². The number of thiazole rings is 1. The SMILES string of the molecule is Fc1ccc(F)c([C@@]23C[C@@H]2CCN3c2ccn3ncc(-c4cnc(C(F)(F)F)s4)c3n2)c1. The van der Waals surface area contributed by atoms with Crippen LogP contribution in [0, 0.1) is 17.6 Å². The highest BCUT2D eigenvalue weighted by molar-refractivity contribution is 7.15. The Kier molecular flexibility index (Phi) is 3.96. The van der Waals surface area contributed by atoms with Crippen LogP contribution >= 0.6 is 11.3 Å². The monoisotopic (exact) mass is 463 g/mol. The summed E-state index contributed by atoms with van der Waals surface area (Å²) in [7, 11) is 0. The molecule has 4 heterocycles. The lowest BCUT2D eigenvalue weighted by Gasteiger charge is -2.30. The number of aromatic nitrogens is 4. The molecule has 0 amide bonds. The molecule has 0 spiro atoms. The smallest absolute Gasteiger partial charge is 0.346 e. The third kappa shape index (κ3) is 2.76. The van der Waals surface area contributed by atoms with Crippen LogP contribution in [0.25, 0.3) is 16.1 Å². The summed E-state index contributed by atoms with van der Waals surface area (Å²) in [4.78, 5) is 10.4. The third-order valence-electron chi connectivity index (χ3n) is 6.30. The summed E-state index contributed by atoms with van der Waals surface area (Å²) < 4.78 is 69.0. The third-order valence-corrected chi connectivity index (χ3v) is 7.37. The number of benzene rings is 1. The van der Waals surface area contributed by atoms with Crippen LogP contribution in [0.4, 0.5) is 27.8 Å². The lowest BCUT2D eigenvalue weighted by molar-refractivity contribution is -0.137. The summed E-state index contributed by atoms with van der Waals surface area (Å²) in [6.45, 7) is 0.617. The highest BCUT2D eigenvalue weighted by atomic mass is 32.1. The second-order valence-corrected chi connectivity index (χ2v) is 9.06. The van der Waals surface area contributed by atoms with E-state index in [1.54, 1.807) is 12.3 Å². The van der Waals surface area contributed by atoms with Gasteiger partial charge in [0, 0.05) is 24.5 Å². The Hall–Kier alpha value is -3.08.